The van der Waals surface area contributed by atoms with E-state index in [1.54, 1.807) is 63.8 Å². The third-order valence-corrected chi connectivity index (χ3v) is 3.68. The molecule has 5 heteroatoms. The van der Waals surface area contributed by atoms with Crippen LogP contribution in [0.3, 0.4) is 0 Å². The molecule has 130 valence electrons. The van der Waals surface area contributed by atoms with E-state index in [2.05, 4.69) is 12.1 Å². The second-order valence-electron chi connectivity index (χ2n) is 5.23. The van der Waals surface area contributed by atoms with Crippen LogP contribution in [0.15, 0.2) is 53.6 Å². The second kappa shape index (κ2) is 8.96. The molecule has 2 aromatic carbocycles. The summed E-state index contributed by atoms with van der Waals surface area (Å²) in [6.07, 6.45) is 3.30. The van der Waals surface area contributed by atoms with Gasteiger partial charge in [-0.25, -0.2) is 0 Å². The Labute approximate surface area is 153 Å². The Morgan fingerprint density at radius 1 is 0.731 bits per heavy atom. The van der Waals surface area contributed by atoms with Crippen molar-refractivity contribution in [2.75, 3.05) is 21.3 Å². The van der Waals surface area contributed by atoms with Crippen molar-refractivity contribution in [1.29, 1.82) is 10.5 Å². The maximum absolute atomic E-state index is 9.49. The third kappa shape index (κ3) is 4.43. The highest BCUT2D eigenvalue weighted by Gasteiger charge is 2.08. The maximum Gasteiger partial charge on any atom is 0.161 e. The molecule has 2 aromatic rings. The number of hydrogen-bond donors (Lipinski definition) is 0. The van der Waals surface area contributed by atoms with Crippen molar-refractivity contribution in [3.05, 3.63) is 64.7 Å². The van der Waals surface area contributed by atoms with Gasteiger partial charge in [0.25, 0.3) is 0 Å². The molecule has 0 saturated heterocycles. The van der Waals surface area contributed by atoms with E-state index in [4.69, 9.17) is 14.2 Å². The van der Waals surface area contributed by atoms with Crippen LogP contribution in [0.25, 0.3) is 12.2 Å². The molecule has 0 atom stereocenters. The molecule has 0 amide bonds. The standard InChI is InChI=1S/C21H18N2O3/c1-24-19-7-4-15(5-8-19)10-17(13-22)18(14-23)11-16-6-9-20(25-2)21(12-16)26-3/h4-12H,1-3H3/b17-10+,18-11+. The average molecular weight is 346 g/mol. The van der Waals surface area contributed by atoms with Gasteiger partial charge in [-0.1, -0.05) is 18.2 Å². The van der Waals surface area contributed by atoms with Gasteiger partial charge in [-0.2, -0.15) is 10.5 Å². The van der Waals surface area contributed by atoms with Crippen molar-refractivity contribution in [3.8, 4) is 29.4 Å². The number of benzene rings is 2. The number of ether oxygens (including phenoxy) is 3. The summed E-state index contributed by atoms with van der Waals surface area (Å²) in [5, 5.41) is 19.0. The van der Waals surface area contributed by atoms with Gasteiger partial charge in [0.15, 0.2) is 11.5 Å². The Morgan fingerprint density at radius 3 is 1.77 bits per heavy atom. The summed E-state index contributed by atoms with van der Waals surface area (Å²) in [4.78, 5) is 0. The van der Waals surface area contributed by atoms with E-state index >= 15 is 0 Å². The van der Waals surface area contributed by atoms with Crippen LogP contribution in [-0.4, -0.2) is 21.3 Å². The molecule has 0 aliphatic heterocycles. The molecular weight excluding hydrogens is 328 g/mol. The fourth-order valence-corrected chi connectivity index (χ4v) is 2.32. The smallest absolute Gasteiger partial charge is 0.161 e. The first-order valence-electron chi connectivity index (χ1n) is 7.75. The summed E-state index contributed by atoms with van der Waals surface area (Å²) in [5.41, 5.74) is 2.06. The Morgan fingerprint density at radius 2 is 1.27 bits per heavy atom. The summed E-state index contributed by atoms with van der Waals surface area (Å²) in [7, 11) is 4.69. The van der Waals surface area contributed by atoms with Crippen molar-refractivity contribution >= 4 is 12.2 Å². The molecule has 26 heavy (non-hydrogen) atoms. The van der Waals surface area contributed by atoms with Gasteiger partial charge in [0.2, 0.25) is 0 Å². The van der Waals surface area contributed by atoms with Crippen LogP contribution in [0.5, 0.6) is 17.2 Å². The van der Waals surface area contributed by atoms with Crippen molar-refractivity contribution in [2.24, 2.45) is 0 Å². The molecular formula is C21H18N2O3. The number of rotatable bonds is 6. The summed E-state index contributed by atoms with van der Waals surface area (Å²) in [5.74, 6) is 1.87. The maximum atomic E-state index is 9.49. The lowest BCUT2D eigenvalue weighted by molar-refractivity contribution is 0.355. The lowest BCUT2D eigenvalue weighted by atomic mass is 10.0. The van der Waals surface area contributed by atoms with E-state index in [1.165, 1.54) is 0 Å². The Balaban J connectivity index is 2.41. The molecule has 0 heterocycles. The molecule has 0 unspecified atom stereocenters. The van der Waals surface area contributed by atoms with Crippen LogP contribution in [0, 0.1) is 22.7 Å². The predicted octanol–water partition coefficient (Wildman–Crippen LogP) is 4.23. The van der Waals surface area contributed by atoms with Crippen molar-refractivity contribution in [3.63, 3.8) is 0 Å². The van der Waals surface area contributed by atoms with Gasteiger partial charge in [-0.05, 0) is 47.5 Å². The van der Waals surface area contributed by atoms with E-state index in [9.17, 15) is 10.5 Å². The fraction of sp³-hybridized carbons (Fsp3) is 0.143. The largest absolute Gasteiger partial charge is 0.497 e. The molecule has 2 rings (SSSR count). The molecule has 0 fully saturated rings. The Bertz CT molecular complexity index is 914. The predicted molar refractivity (Wildman–Crippen MR) is 99.7 cm³/mol. The SMILES string of the molecule is COc1ccc(/C=C(C#N)/C(C#N)=C/c2ccc(OC)c(OC)c2)cc1. The highest BCUT2D eigenvalue weighted by Crippen LogP contribution is 2.29. The van der Waals surface area contributed by atoms with E-state index in [-0.39, 0.29) is 11.1 Å². The van der Waals surface area contributed by atoms with Gasteiger partial charge in [0.05, 0.1) is 32.5 Å². The first-order valence-corrected chi connectivity index (χ1v) is 7.75. The van der Waals surface area contributed by atoms with Crippen LogP contribution in [0.2, 0.25) is 0 Å². The van der Waals surface area contributed by atoms with Gasteiger partial charge in [-0.15, -0.1) is 0 Å². The number of methoxy groups -OCH3 is 3. The molecule has 0 saturated carbocycles. The fourth-order valence-electron chi connectivity index (χ4n) is 2.32. The molecule has 0 bridgehead atoms. The van der Waals surface area contributed by atoms with Crippen molar-refractivity contribution < 1.29 is 14.2 Å². The Kier molecular flexibility index (Phi) is 6.42. The first kappa shape index (κ1) is 18.6. The highest BCUT2D eigenvalue weighted by molar-refractivity contribution is 5.74. The highest BCUT2D eigenvalue weighted by atomic mass is 16.5. The van der Waals surface area contributed by atoms with Crippen LogP contribution >= 0.6 is 0 Å². The van der Waals surface area contributed by atoms with Crippen molar-refractivity contribution in [2.45, 2.75) is 0 Å². The number of nitrogens with zero attached hydrogens (tertiary/aromatic N) is 2. The Hall–Kier alpha value is -3.70. The van der Waals surface area contributed by atoms with Crippen LogP contribution in [0.1, 0.15) is 11.1 Å². The zero-order chi connectivity index (χ0) is 18.9. The molecule has 0 spiro atoms. The second-order valence-corrected chi connectivity index (χ2v) is 5.23. The monoisotopic (exact) mass is 346 g/mol. The van der Waals surface area contributed by atoms with Crippen LogP contribution < -0.4 is 14.2 Å². The lowest BCUT2D eigenvalue weighted by Gasteiger charge is -2.08. The molecule has 5 nitrogen and oxygen atoms in total. The van der Waals surface area contributed by atoms with E-state index in [0.717, 1.165) is 16.9 Å². The van der Waals surface area contributed by atoms with Gasteiger partial charge in [-0.3, -0.25) is 0 Å². The van der Waals surface area contributed by atoms with Gasteiger partial charge >= 0.3 is 0 Å². The minimum atomic E-state index is 0.260. The number of hydrogen-bond acceptors (Lipinski definition) is 5. The van der Waals surface area contributed by atoms with E-state index in [0.29, 0.717) is 11.5 Å². The molecule has 0 N–H and O–H groups in total. The minimum absolute atomic E-state index is 0.260. The van der Waals surface area contributed by atoms with E-state index in [1.807, 2.05) is 12.1 Å². The van der Waals surface area contributed by atoms with Gasteiger partial charge in [0, 0.05) is 0 Å². The average Bonchev–Trinajstić information content (AvgIpc) is 2.70. The lowest BCUT2D eigenvalue weighted by Crippen LogP contribution is -1.91. The number of allylic oxidation sites excluding steroid dienone is 2. The zero-order valence-electron chi connectivity index (χ0n) is 14.8. The van der Waals surface area contributed by atoms with Gasteiger partial charge < -0.3 is 14.2 Å². The summed E-state index contributed by atoms with van der Waals surface area (Å²) in [6, 6.07) is 16.7. The van der Waals surface area contributed by atoms with Crippen LogP contribution in [0.4, 0.5) is 0 Å². The number of nitriles is 2. The summed E-state index contributed by atoms with van der Waals surface area (Å²) >= 11 is 0. The van der Waals surface area contributed by atoms with Crippen molar-refractivity contribution in [1.82, 2.24) is 0 Å². The zero-order valence-corrected chi connectivity index (χ0v) is 14.8. The minimum Gasteiger partial charge on any atom is -0.497 e. The normalized spacial score (nSPS) is 11.3. The molecule has 0 radical (unpaired) electrons. The van der Waals surface area contributed by atoms with Crippen LogP contribution in [-0.2, 0) is 0 Å². The molecule has 0 aliphatic rings. The van der Waals surface area contributed by atoms with E-state index < -0.39 is 0 Å². The first-order chi connectivity index (χ1) is 12.6. The summed E-state index contributed by atoms with van der Waals surface area (Å²) < 4.78 is 15.6. The van der Waals surface area contributed by atoms with Gasteiger partial charge in [0.1, 0.15) is 17.9 Å². The third-order valence-electron chi connectivity index (χ3n) is 3.68. The topological polar surface area (TPSA) is 75.3 Å². The summed E-state index contributed by atoms with van der Waals surface area (Å²) in [6.45, 7) is 0. The quantitative estimate of drug-likeness (QED) is 0.578. The molecule has 0 aromatic heterocycles. The molecule has 0 aliphatic carbocycles.